The minimum atomic E-state index is -3.60. The second kappa shape index (κ2) is 7.59. The van der Waals surface area contributed by atoms with Gasteiger partial charge >= 0.3 is 0 Å². The molecule has 2 N–H and O–H groups in total. The average molecular weight is 291 g/mol. The standard InChI is InChI=1S/C11H21N3O4S/c1-3-4-10(9-18-2)13-19(16,17)11-7-12-14(8-11)5-6-15/h7-8,10,13,15H,3-6,9H2,1-2H3. The van der Waals surface area contributed by atoms with Gasteiger partial charge in [-0.05, 0) is 6.42 Å². The number of nitrogens with zero attached hydrogens (tertiary/aromatic N) is 2. The molecule has 1 aromatic heterocycles. The van der Waals surface area contributed by atoms with Crippen molar-refractivity contribution in [3.63, 3.8) is 0 Å². The minimum Gasteiger partial charge on any atom is -0.394 e. The quantitative estimate of drug-likeness (QED) is 0.666. The van der Waals surface area contributed by atoms with Crippen molar-refractivity contribution in [2.75, 3.05) is 20.3 Å². The number of hydrogen-bond donors (Lipinski definition) is 2. The van der Waals surface area contributed by atoms with Gasteiger partial charge in [-0.3, -0.25) is 4.68 Å². The molecule has 1 unspecified atom stereocenters. The molecular weight excluding hydrogens is 270 g/mol. The summed E-state index contributed by atoms with van der Waals surface area (Å²) in [5, 5.41) is 12.7. The van der Waals surface area contributed by atoms with Gasteiger partial charge in [0.25, 0.3) is 0 Å². The van der Waals surface area contributed by atoms with E-state index in [-0.39, 0.29) is 24.1 Å². The minimum absolute atomic E-state index is 0.0866. The maximum atomic E-state index is 12.1. The van der Waals surface area contributed by atoms with Gasteiger partial charge < -0.3 is 9.84 Å². The van der Waals surface area contributed by atoms with Gasteiger partial charge in [0, 0.05) is 19.3 Å². The monoisotopic (exact) mass is 291 g/mol. The number of sulfonamides is 1. The largest absolute Gasteiger partial charge is 0.394 e. The van der Waals surface area contributed by atoms with Crippen molar-refractivity contribution in [2.45, 2.75) is 37.2 Å². The molecule has 8 heteroatoms. The Kier molecular flexibility index (Phi) is 6.43. The summed E-state index contributed by atoms with van der Waals surface area (Å²) in [5.41, 5.74) is 0. The Hall–Kier alpha value is -0.960. The average Bonchev–Trinajstić information content (AvgIpc) is 2.79. The van der Waals surface area contributed by atoms with Gasteiger partial charge in [0.1, 0.15) is 4.90 Å². The van der Waals surface area contributed by atoms with Crippen LogP contribution in [0.4, 0.5) is 0 Å². The van der Waals surface area contributed by atoms with Crippen molar-refractivity contribution >= 4 is 10.0 Å². The molecule has 1 aromatic rings. The Morgan fingerprint density at radius 3 is 2.89 bits per heavy atom. The third-order valence-electron chi connectivity index (χ3n) is 2.58. The van der Waals surface area contributed by atoms with Crippen molar-refractivity contribution in [3.8, 4) is 0 Å². The molecule has 0 aliphatic carbocycles. The van der Waals surface area contributed by atoms with Crippen LogP contribution in [0.5, 0.6) is 0 Å². The van der Waals surface area contributed by atoms with Crippen LogP contribution in [0.15, 0.2) is 17.3 Å². The molecule has 1 atom stereocenters. The highest BCUT2D eigenvalue weighted by atomic mass is 32.2. The van der Waals surface area contributed by atoms with E-state index in [1.54, 1.807) is 0 Å². The lowest BCUT2D eigenvalue weighted by Crippen LogP contribution is -2.37. The summed E-state index contributed by atoms with van der Waals surface area (Å²) >= 11 is 0. The second-order valence-electron chi connectivity index (χ2n) is 4.22. The Balaban J connectivity index is 2.77. The first-order valence-electron chi connectivity index (χ1n) is 6.18. The Bertz CT molecular complexity index is 466. The fraction of sp³-hybridized carbons (Fsp3) is 0.727. The summed E-state index contributed by atoms with van der Waals surface area (Å²) in [4.78, 5) is 0.0955. The number of methoxy groups -OCH3 is 1. The van der Waals surface area contributed by atoms with Gasteiger partial charge in [0.2, 0.25) is 10.0 Å². The van der Waals surface area contributed by atoms with Crippen LogP contribution in [0.1, 0.15) is 19.8 Å². The van der Waals surface area contributed by atoms with Crippen LogP contribution in [0, 0.1) is 0 Å². The summed E-state index contributed by atoms with van der Waals surface area (Å²) in [7, 11) is -2.06. The van der Waals surface area contributed by atoms with Gasteiger partial charge in [-0.15, -0.1) is 0 Å². The van der Waals surface area contributed by atoms with Crippen molar-refractivity contribution < 1.29 is 18.3 Å². The molecule has 0 saturated heterocycles. The van der Waals surface area contributed by atoms with Crippen LogP contribution < -0.4 is 4.72 Å². The van der Waals surface area contributed by atoms with Crippen LogP contribution in [0.25, 0.3) is 0 Å². The number of aliphatic hydroxyl groups is 1. The lowest BCUT2D eigenvalue weighted by Gasteiger charge is -2.16. The summed E-state index contributed by atoms with van der Waals surface area (Å²) in [6, 6.07) is -0.249. The summed E-state index contributed by atoms with van der Waals surface area (Å²) in [5.74, 6) is 0. The van der Waals surface area contributed by atoms with E-state index in [2.05, 4.69) is 9.82 Å². The molecule has 0 aromatic carbocycles. The fourth-order valence-electron chi connectivity index (χ4n) is 1.72. The topological polar surface area (TPSA) is 93.5 Å². The normalized spacial score (nSPS) is 13.6. The molecule has 19 heavy (non-hydrogen) atoms. The second-order valence-corrected chi connectivity index (χ2v) is 5.94. The van der Waals surface area contributed by atoms with E-state index < -0.39 is 10.0 Å². The molecule has 110 valence electrons. The predicted molar refractivity (Wildman–Crippen MR) is 70.2 cm³/mol. The van der Waals surface area contributed by atoms with Gasteiger partial charge in [-0.25, -0.2) is 13.1 Å². The van der Waals surface area contributed by atoms with Crippen molar-refractivity contribution in [1.82, 2.24) is 14.5 Å². The van der Waals surface area contributed by atoms with Gasteiger partial charge in [0.15, 0.2) is 0 Å². The molecule has 7 nitrogen and oxygen atoms in total. The smallest absolute Gasteiger partial charge is 0.244 e. The van der Waals surface area contributed by atoms with Crippen LogP contribution >= 0.6 is 0 Å². The molecule has 1 heterocycles. The number of ether oxygens (including phenoxy) is 1. The summed E-state index contributed by atoms with van der Waals surface area (Å²) in [6.07, 6.45) is 4.24. The van der Waals surface area contributed by atoms with Crippen LogP contribution in [0.3, 0.4) is 0 Å². The predicted octanol–water partition coefficient (Wildman–Crippen LogP) is -0.0312. The first kappa shape index (κ1) is 16.1. The molecular formula is C11H21N3O4S. The zero-order valence-electron chi connectivity index (χ0n) is 11.2. The Morgan fingerprint density at radius 1 is 1.58 bits per heavy atom. The Labute approximate surface area is 113 Å². The maximum absolute atomic E-state index is 12.1. The third-order valence-corrected chi connectivity index (χ3v) is 4.05. The van der Waals surface area contributed by atoms with E-state index in [4.69, 9.17) is 9.84 Å². The van der Waals surface area contributed by atoms with Crippen LogP contribution in [-0.4, -0.2) is 49.7 Å². The lowest BCUT2D eigenvalue weighted by molar-refractivity contribution is 0.171. The maximum Gasteiger partial charge on any atom is 0.244 e. The number of aliphatic hydroxyl groups excluding tert-OH is 1. The number of rotatable bonds is 9. The van der Waals surface area contributed by atoms with E-state index in [0.29, 0.717) is 13.0 Å². The van der Waals surface area contributed by atoms with E-state index in [1.807, 2.05) is 6.92 Å². The first-order chi connectivity index (χ1) is 9.03. The van der Waals surface area contributed by atoms with Crippen LogP contribution in [-0.2, 0) is 21.3 Å². The molecule has 0 spiro atoms. The first-order valence-corrected chi connectivity index (χ1v) is 7.66. The highest BCUT2D eigenvalue weighted by Gasteiger charge is 2.21. The van der Waals surface area contributed by atoms with E-state index in [9.17, 15) is 8.42 Å². The number of nitrogens with one attached hydrogen (secondary N) is 1. The molecule has 0 saturated carbocycles. The van der Waals surface area contributed by atoms with E-state index in [1.165, 1.54) is 24.2 Å². The lowest BCUT2D eigenvalue weighted by atomic mass is 10.2. The summed E-state index contributed by atoms with van der Waals surface area (Å²) < 4.78 is 33.2. The number of aromatic nitrogens is 2. The molecule has 0 amide bonds. The summed E-state index contributed by atoms with van der Waals surface area (Å²) in [6.45, 7) is 2.50. The van der Waals surface area contributed by atoms with Crippen molar-refractivity contribution in [2.24, 2.45) is 0 Å². The third kappa shape index (κ3) is 4.90. The molecule has 0 aliphatic rings. The molecule has 0 radical (unpaired) electrons. The highest BCUT2D eigenvalue weighted by molar-refractivity contribution is 7.89. The fourth-order valence-corrected chi connectivity index (χ4v) is 2.93. The van der Waals surface area contributed by atoms with E-state index in [0.717, 1.165) is 6.42 Å². The van der Waals surface area contributed by atoms with E-state index >= 15 is 0 Å². The SMILES string of the molecule is CCCC(COC)NS(=O)(=O)c1cnn(CCO)c1. The number of hydrogen-bond acceptors (Lipinski definition) is 5. The van der Waals surface area contributed by atoms with Crippen molar-refractivity contribution in [1.29, 1.82) is 0 Å². The van der Waals surface area contributed by atoms with Crippen molar-refractivity contribution in [3.05, 3.63) is 12.4 Å². The van der Waals surface area contributed by atoms with Gasteiger partial charge in [-0.2, -0.15) is 5.10 Å². The zero-order chi connectivity index (χ0) is 14.3. The molecule has 0 aliphatic heterocycles. The van der Waals surface area contributed by atoms with Crippen LogP contribution in [0.2, 0.25) is 0 Å². The highest BCUT2D eigenvalue weighted by Crippen LogP contribution is 2.09. The van der Waals surface area contributed by atoms with Gasteiger partial charge in [-0.1, -0.05) is 13.3 Å². The zero-order valence-corrected chi connectivity index (χ0v) is 12.1. The Morgan fingerprint density at radius 2 is 2.32 bits per heavy atom. The molecule has 0 bridgehead atoms. The van der Waals surface area contributed by atoms with Gasteiger partial charge in [0.05, 0.1) is 26.0 Å². The molecule has 1 rings (SSSR count). The molecule has 0 fully saturated rings.